The number of amides is 2. The molecule has 1 saturated heterocycles. The molecule has 0 radical (unpaired) electrons. The summed E-state index contributed by atoms with van der Waals surface area (Å²) in [4.78, 5) is 24.9. The summed E-state index contributed by atoms with van der Waals surface area (Å²) in [7, 11) is -3.80. The summed E-state index contributed by atoms with van der Waals surface area (Å²) in [5, 5.41) is 5.68. The van der Waals surface area contributed by atoms with Gasteiger partial charge in [0.15, 0.2) is 0 Å². The number of halogens is 1. The molecule has 9 heteroatoms. The summed E-state index contributed by atoms with van der Waals surface area (Å²) in [5.74, 6) is -1.57. The SMILES string of the molecule is C[C@H](NC(=O)[C@@H]1CCCN(S(=O)(=O)c2ccc(F)cc2)C1)C(=O)NC1CCCC1. The lowest BCUT2D eigenvalue weighted by atomic mass is 9.98. The highest BCUT2D eigenvalue weighted by atomic mass is 32.2. The van der Waals surface area contributed by atoms with E-state index in [1.807, 2.05) is 0 Å². The maximum absolute atomic E-state index is 13.1. The van der Waals surface area contributed by atoms with E-state index < -0.39 is 27.8 Å². The molecule has 1 aliphatic heterocycles. The fraction of sp³-hybridized carbons (Fsp3) is 0.600. The van der Waals surface area contributed by atoms with E-state index >= 15 is 0 Å². The zero-order valence-electron chi connectivity index (χ0n) is 16.6. The van der Waals surface area contributed by atoms with Crippen LogP contribution in [-0.2, 0) is 19.6 Å². The molecule has 1 saturated carbocycles. The fourth-order valence-corrected chi connectivity index (χ4v) is 5.45. The van der Waals surface area contributed by atoms with Gasteiger partial charge in [0.25, 0.3) is 0 Å². The number of benzene rings is 1. The average molecular weight is 426 g/mol. The number of nitrogens with one attached hydrogen (secondary N) is 2. The van der Waals surface area contributed by atoms with Crippen LogP contribution in [0.3, 0.4) is 0 Å². The van der Waals surface area contributed by atoms with Crippen LogP contribution in [0.1, 0.15) is 45.4 Å². The molecule has 160 valence electrons. The van der Waals surface area contributed by atoms with Gasteiger partial charge in [-0.2, -0.15) is 4.31 Å². The number of carbonyl (C=O) groups is 2. The molecule has 0 spiro atoms. The van der Waals surface area contributed by atoms with Gasteiger partial charge in [-0.1, -0.05) is 12.8 Å². The summed E-state index contributed by atoms with van der Waals surface area (Å²) < 4.78 is 40.0. The Balaban J connectivity index is 1.58. The monoisotopic (exact) mass is 425 g/mol. The van der Waals surface area contributed by atoms with E-state index in [1.165, 1.54) is 16.4 Å². The first-order valence-corrected chi connectivity index (χ1v) is 11.6. The van der Waals surface area contributed by atoms with Gasteiger partial charge in [0.05, 0.1) is 10.8 Å². The second-order valence-electron chi connectivity index (χ2n) is 7.88. The number of rotatable bonds is 6. The Bertz CT molecular complexity index is 838. The van der Waals surface area contributed by atoms with E-state index in [4.69, 9.17) is 0 Å². The standard InChI is InChI=1S/C20H28FN3O4S/c1-14(19(25)23-17-6-2-3-7-17)22-20(26)15-5-4-12-24(13-15)29(27,28)18-10-8-16(21)9-11-18/h8-11,14-15,17H,2-7,12-13H2,1H3,(H,22,26)(H,23,25)/t14-,15+/m0/s1. The van der Waals surface area contributed by atoms with Crippen molar-refractivity contribution in [1.82, 2.24) is 14.9 Å². The Morgan fingerprint density at radius 2 is 1.76 bits per heavy atom. The second kappa shape index (κ2) is 9.21. The van der Waals surface area contributed by atoms with E-state index in [0.29, 0.717) is 19.4 Å². The van der Waals surface area contributed by atoms with Gasteiger partial charge in [0, 0.05) is 19.1 Å². The minimum Gasteiger partial charge on any atom is -0.352 e. The third-order valence-corrected chi connectivity index (χ3v) is 7.54. The number of hydrogen-bond acceptors (Lipinski definition) is 4. The number of nitrogens with zero attached hydrogens (tertiary/aromatic N) is 1. The van der Waals surface area contributed by atoms with Crippen LogP contribution in [0.5, 0.6) is 0 Å². The van der Waals surface area contributed by atoms with Crippen molar-refractivity contribution in [2.24, 2.45) is 5.92 Å². The quantitative estimate of drug-likeness (QED) is 0.726. The zero-order valence-corrected chi connectivity index (χ0v) is 17.4. The van der Waals surface area contributed by atoms with Gasteiger partial charge in [-0.15, -0.1) is 0 Å². The van der Waals surface area contributed by atoms with Gasteiger partial charge >= 0.3 is 0 Å². The first-order valence-electron chi connectivity index (χ1n) is 10.1. The highest BCUT2D eigenvalue weighted by Crippen LogP contribution is 2.24. The minimum atomic E-state index is -3.80. The predicted octanol–water partition coefficient (Wildman–Crippen LogP) is 1.79. The lowest BCUT2D eigenvalue weighted by Crippen LogP contribution is -2.51. The lowest BCUT2D eigenvalue weighted by molar-refractivity contribution is -0.131. The van der Waals surface area contributed by atoms with E-state index in [2.05, 4.69) is 10.6 Å². The summed E-state index contributed by atoms with van der Waals surface area (Å²) in [5.41, 5.74) is 0. The molecule has 1 aliphatic carbocycles. The Morgan fingerprint density at radius 1 is 1.10 bits per heavy atom. The van der Waals surface area contributed by atoms with Crippen molar-refractivity contribution < 1.29 is 22.4 Å². The third-order valence-electron chi connectivity index (χ3n) is 5.66. The van der Waals surface area contributed by atoms with Gasteiger partial charge in [-0.05, 0) is 56.9 Å². The number of hydrogen-bond donors (Lipinski definition) is 2. The van der Waals surface area contributed by atoms with Gasteiger partial charge in [-0.25, -0.2) is 12.8 Å². The smallest absolute Gasteiger partial charge is 0.243 e. The molecule has 2 amide bonds. The van der Waals surface area contributed by atoms with Gasteiger partial charge < -0.3 is 10.6 Å². The Kier molecular flexibility index (Phi) is 6.89. The number of piperidine rings is 1. The van der Waals surface area contributed by atoms with Crippen LogP contribution in [0.25, 0.3) is 0 Å². The molecule has 2 atom stereocenters. The van der Waals surface area contributed by atoms with Crippen LogP contribution < -0.4 is 10.6 Å². The molecule has 3 rings (SSSR count). The highest BCUT2D eigenvalue weighted by molar-refractivity contribution is 7.89. The molecule has 2 N–H and O–H groups in total. The third kappa shape index (κ3) is 5.33. The normalized spacial score (nSPS) is 22.2. The van der Waals surface area contributed by atoms with Crippen molar-refractivity contribution >= 4 is 21.8 Å². The first-order chi connectivity index (χ1) is 13.8. The molecule has 0 aromatic heterocycles. The number of sulfonamides is 1. The summed E-state index contributed by atoms with van der Waals surface area (Å²) >= 11 is 0. The average Bonchev–Trinajstić information content (AvgIpc) is 3.21. The predicted molar refractivity (Wildman–Crippen MR) is 106 cm³/mol. The summed E-state index contributed by atoms with van der Waals surface area (Å²) in [6.45, 7) is 1.99. The van der Waals surface area contributed by atoms with Crippen molar-refractivity contribution in [2.75, 3.05) is 13.1 Å². The van der Waals surface area contributed by atoms with Crippen molar-refractivity contribution in [2.45, 2.75) is 62.4 Å². The molecule has 1 heterocycles. The molecule has 1 aromatic rings. The van der Waals surface area contributed by atoms with Crippen LogP contribution in [-0.4, -0.2) is 49.7 Å². The molecule has 1 aromatic carbocycles. The molecular weight excluding hydrogens is 397 g/mol. The molecule has 0 bridgehead atoms. The van der Waals surface area contributed by atoms with Crippen LogP contribution >= 0.6 is 0 Å². The van der Waals surface area contributed by atoms with Crippen molar-refractivity contribution in [3.8, 4) is 0 Å². The number of carbonyl (C=O) groups excluding carboxylic acids is 2. The molecule has 29 heavy (non-hydrogen) atoms. The van der Waals surface area contributed by atoms with E-state index in [9.17, 15) is 22.4 Å². The molecule has 2 fully saturated rings. The van der Waals surface area contributed by atoms with E-state index in [0.717, 1.165) is 37.8 Å². The van der Waals surface area contributed by atoms with Gasteiger partial charge in [0.1, 0.15) is 11.9 Å². The Hall–Kier alpha value is -2.00. The maximum Gasteiger partial charge on any atom is 0.243 e. The van der Waals surface area contributed by atoms with Crippen LogP contribution in [0, 0.1) is 11.7 Å². The molecule has 7 nitrogen and oxygen atoms in total. The second-order valence-corrected chi connectivity index (χ2v) is 9.81. The first kappa shape index (κ1) is 21.7. The van der Waals surface area contributed by atoms with Crippen LogP contribution in [0.2, 0.25) is 0 Å². The van der Waals surface area contributed by atoms with E-state index in [1.54, 1.807) is 6.92 Å². The van der Waals surface area contributed by atoms with Crippen molar-refractivity contribution in [3.05, 3.63) is 30.1 Å². The maximum atomic E-state index is 13.1. The fourth-order valence-electron chi connectivity index (χ4n) is 3.92. The Morgan fingerprint density at radius 3 is 2.41 bits per heavy atom. The molecular formula is C20H28FN3O4S. The van der Waals surface area contributed by atoms with Crippen LogP contribution in [0.15, 0.2) is 29.2 Å². The van der Waals surface area contributed by atoms with E-state index in [-0.39, 0.29) is 29.3 Å². The summed E-state index contributed by atoms with van der Waals surface area (Å²) in [6, 6.07) is 4.16. The van der Waals surface area contributed by atoms with Gasteiger partial charge in [-0.3, -0.25) is 9.59 Å². The largest absolute Gasteiger partial charge is 0.352 e. The van der Waals surface area contributed by atoms with Crippen molar-refractivity contribution in [1.29, 1.82) is 0 Å². The summed E-state index contributed by atoms with van der Waals surface area (Å²) in [6.07, 6.45) is 5.23. The molecule has 2 aliphatic rings. The minimum absolute atomic E-state index is 0.00395. The lowest BCUT2D eigenvalue weighted by Gasteiger charge is -2.31. The topological polar surface area (TPSA) is 95.6 Å². The van der Waals surface area contributed by atoms with Crippen LogP contribution in [0.4, 0.5) is 4.39 Å². The van der Waals surface area contributed by atoms with Crippen molar-refractivity contribution in [3.63, 3.8) is 0 Å². The van der Waals surface area contributed by atoms with Gasteiger partial charge in [0.2, 0.25) is 21.8 Å². The zero-order chi connectivity index (χ0) is 21.0. The Labute approximate surface area is 171 Å². The highest BCUT2D eigenvalue weighted by Gasteiger charge is 2.34. The molecule has 0 unspecified atom stereocenters.